The van der Waals surface area contributed by atoms with Gasteiger partial charge in [-0.15, -0.1) is 6.58 Å². The summed E-state index contributed by atoms with van der Waals surface area (Å²) in [5.41, 5.74) is 0.896. The first-order chi connectivity index (χ1) is 7.72. The molecule has 1 N–H and O–H groups in total. The van der Waals surface area contributed by atoms with Crippen molar-refractivity contribution in [2.75, 3.05) is 12.1 Å². The molecule has 3 nitrogen and oxygen atoms in total. The number of ether oxygens (including phenoxy) is 2. The highest BCUT2D eigenvalue weighted by atomic mass is 35.5. The van der Waals surface area contributed by atoms with Gasteiger partial charge in [-0.25, -0.2) is 0 Å². The van der Waals surface area contributed by atoms with Crippen LogP contribution in [0.4, 0.5) is 0 Å². The average Bonchev–Trinajstić information content (AvgIpc) is 2.26. The third-order valence-corrected chi connectivity index (χ3v) is 2.12. The standard InChI is InChI=1S/C11H12Cl2O3/c1-2-3-8-4-9(15-6-12)11(14)10(5-8)16-7-13/h2,4-5,14H,1,3,6-7H2. The van der Waals surface area contributed by atoms with Crippen LogP contribution in [0.3, 0.4) is 0 Å². The first-order valence-corrected chi connectivity index (χ1v) is 5.64. The molecule has 0 aromatic heterocycles. The molecule has 0 aliphatic heterocycles. The van der Waals surface area contributed by atoms with E-state index in [-0.39, 0.29) is 29.4 Å². The van der Waals surface area contributed by atoms with Crippen molar-refractivity contribution in [2.45, 2.75) is 6.42 Å². The van der Waals surface area contributed by atoms with Crippen LogP contribution in [-0.2, 0) is 6.42 Å². The zero-order chi connectivity index (χ0) is 12.0. The molecule has 16 heavy (non-hydrogen) atoms. The Morgan fingerprint density at radius 2 is 1.69 bits per heavy atom. The lowest BCUT2D eigenvalue weighted by atomic mass is 10.1. The summed E-state index contributed by atoms with van der Waals surface area (Å²) in [7, 11) is 0. The lowest BCUT2D eigenvalue weighted by Gasteiger charge is -2.11. The van der Waals surface area contributed by atoms with Gasteiger partial charge in [-0.3, -0.25) is 0 Å². The first kappa shape index (κ1) is 13.0. The maximum absolute atomic E-state index is 9.75. The number of aromatic hydroxyl groups is 1. The summed E-state index contributed by atoms with van der Waals surface area (Å²) >= 11 is 10.9. The van der Waals surface area contributed by atoms with Gasteiger partial charge in [0.05, 0.1) is 0 Å². The highest BCUT2D eigenvalue weighted by molar-refractivity contribution is 6.17. The first-order valence-electron chi connectivity index (χ1n) is 4.57. The largest absolute Gasteiger partial charge is 0.502 e. The van der Waals surface area contributed by atoms with Crippen molar-refractivity contribution < 1.29 is 14.6 Å². The molecule has 0 heterocycles. The second kappa shape index (κ2) is 6.51. The number of halogens is 2. The van der Waals surface area contributed by atoms with Crippen molar-refractivity contribution in [3.63, 3.8) is 0 Å². The van der Waals surface area contributed by atoms with E-state index in [4.69, 9.17) is 32.7 Å². The molecule has 0 bridgehead atoms. The van der Waals surface area contributed by atoms with Crippen molar-refractivity contribution in [1.82, 2.24) is 0 Å². The van der Waals surface area contributed by atoms with E-state index in [2.05, 4.69) is 6.58 Å². The van der Waals surface area contributed by atoms with Crippen molar-refractivity contribution >= 4 is 23.2 Å². The van der Waals surface area contributed by atoms with Gasteiger partial charge in [0.1, 0.15) is 0 Å². The molecule has 0 radical (unpaired) electrons. The van der Waals surface area contributed by atoms with Crippen molar-refractivity contribution in [3.05, 3.63) is 30.4 Å². The molecule has 0 aliphatic carbocycles. The van der Waals surface area contributed by atoms with Gasteiger partial charge < -0.3 is 14.6 Å². The maximum Gasteiger partial charge on any atom is 0.200 e. The molecule has 0 saturated carbocycles. The molecule has 1 aromatic rings. The summed E-state index contributed by atoms with van der Waals surface area (Å²) in [4.78, 5) is 0. The van der Waals surface area contributed by atoms with E-state index in [1.807, 2.05) is 0 Å². The number of benzene rings is 1. The topological polar surface area (TPSA) is 38.7 Å². The fourth-order valence-corrected chi connectivity index (χ4v) is 1.49. The van der Waals surface area contributed by atoms with Crippen LogP contribution in [-0.4, -0.2) is 17.2 Å². The highest BCUT2D eigenvalue weighted by Gasteiger charge is 2.11. The molecular weight excluding hydrogens is 251 g/mol. The average molecular weight is 263 g/mol. The summed E-state index contributed by atoms with van der Waals surface area (Å²) in [5.74, 6) is 0.443. The predicted molar refractivity (Wildman–Crippen MR) is 64.7 cm³/mol. The third kappa shape index (κ3) is 3.22. The summed E-state index contributed by atoms with van der Waals surface area (Å²) in [6.45, 7) is 3.63. The minimum atomic E-state index is -0.103. The van der Waals surface area contributed by atoms with Crippen molar-refractivity contribution in [2.24, 2.45) is 0 Å². The van der Waals surface area contributed by atoms with Crippen LogP contribution in [0.1, 0.15) is 5.56 Å². The number of phenols is 1. The Labute approximate surface area is 104 Å². The van der Waals surface area contributed by atoms with E-state index in [9.17, 15) is 5.11 Å². The Bertz CT molecular complexity index is 339. The summed E-state index contributed by atoms with van der Waals surface area (Å²) in [6, 6.07) is 3.26. The fraction of sp³-hybridized carbons (Fsp3) is 0.273. The molecule has 0 atom stereocenters. The normalized spacial score (nSPS) is 9.88. The molecule has 0 amide bonds. The molecule has 1 aromatic carbocycles. The zero-order valence-corrected chi connectivity index (χ0v) is 10.1. The summed E-state index contributed by atoms with van der Waals surface area (Å²) < 4.78 is 10.1. The number of hydrogen-bond donors (Lipinski definition) is 1. The van der Waals surface area contributed by atoms with Crippen LogP contribution in [0.25, 0.3) is 0 Å². The molecule has 0 saturated heterocycles. The van der Waals surface area contributed by atoms with Crippen LogP contribution in [0.5, 0.6) is 17.2 Å². The number of hydrogen-bond acceptors (Lipinski definition) is 3. The molecular formula is C11H12Cl2O3. The van der Waals surface area contributed by atoms with Crippen LogP contribution in [0, 0.1) is 0 Å². The second-order valence-corrected chi connectivity index (χ2v) is 3.38. The smallest absolute Gasteiger partial charge is 0.200 e. The molecule has 1 rings (SSSR count). The van der Waals surface area contributed by atoms with Crippen LogP contribution in [0.15, 0.2) is 24.8 Å². The van der Waals surface area contributed by atoms with Gasteiger partial charge in [-0.05, 0) is 24.1 Å². The van der Waals surface area contributed by atoms with E-state index in [0.717, 1.165) is 5.56 Å². The van der Waals surface area contributed by atoms with Crippen LogP contribution < -0.4 is 9.47 Å². The lowest BCUT2D eigenvalue weighted by molar-refractivity contribution is 0.322. The van der Waals surface area contributed by atoms with Crippen LogP contribution in [0.2, 0.25) is 0 Å². The van der Waals surface area contributed by atoms with Crippen molar-refractivity contribution in [1.29, 1.82) is 0 Å². The quantitative estimate of drug-likeness (QED) is 0.632. The Kier molecular flexibility index (Phi) is 5.29. The van der Waals surface area contributed by atoms with Gasteiger partial charge >= 0.3 is 0 Å². The monoisotopic (exact) mass is 262 g/mol. The minimum Gasteiger partial charge on any atom is -0.502 e. The van der Waals surface area contributed by atoms with E-state index in [1.54, 1.807) is 18.2 Å². The Balaban J connectivity index is 3.09. The predicted octanol–water partition coefficient (Wildman–Crippen LogP) is 3.27. The Morgan fingerprint density at radius 3 is 2.06 bits per heavy atom. The maximum atomic E-state index is 9.75. The van der Waals surface area contributed by atoms with E-state index >= 15 is 0 Å². The van der Waals surface area contributed by atoms with Crippen molar-refractivity contribution in [3.8, 4) is 17.2 Å². The van der Waals surface area contributed by atoms with Gasteiger partial charge in [-0.1, -0.05) is 29.3 Å². The molecule has 0 aliphatic rings. The van der Waals surface area contributed by atoms with Gasteiger partial charge in [0.2, 0.25) is 5.75 Å². The van der Waals surface area contributed by atoms with Crippen LogP contribution >= 0.6 is 23.2 Å². The molecule has 0 fully saturated rings. The third-order valence-electron chi connectivity index (χ3n) is 1.90. The number of allylic oxidation sites excluding steroid dienone is 1. The fourth-order valence-electron chi connectivity index (χ4n) is 1.26. The highest BCUT2D eigenvalue weighted by Crippen LogP contribution is 2.38. The van der Waals surface area contributed by atoms with E-state index in [1.165, 1.54) is 0 Å². The Morgan fingerprint density at radius 1 is 1.19 bits per heavy atom. The zero-order valence-electron chi connectivity index (χ0n) is 8.58. The molecule has 88 valence electrons. The van der Waals surface area contributed by atoms with E-state index in [0.29, 0.717) is 6.42 Å². The van der Waals surface area contributed by atoms with Gasteiger partial charge in [0, 0.05) is 0 Å². The minimum absolute atomic E-state index is 0.0502. The summed E-state index contributed by atoms with van der Waals surface area (Å²) in [5, 5.41) is 9.75. The summed E-state index contributed by atoms with van der Waals surface area (Å²) in [6.07, 6.45) is 2.37. The van der Waals surface area contributed by atoms with Gasteiger partial charge in [0.15, 0.2) is 23.6 Å². The lowest BCUT2D eigenvalue weighted by Crippen LogP contribution is -1.96. The van der Waals surface area contributed by atoms with Gasteiger partial charge in [0.25, 0.3) is 0 Å². The number of alkyl halides is 2. The van der Waals surface area contributed by atoms with Gasteiger partial charge in [-0.2, -0.15) is 0 Å². The SMILES string of the molecule is C=CCc1cc(OCCl)c(O)c(OCCl)c1. The second-order valence-electron chi connectivity index (χ2n) is 2.94. The molecule has 0 spiro atoms. The Hall–Kier alpha value is -1.06. The van der Waals surface area contributed by atoms with E-state index < -0.39 is 0 Å². The molecule has 0 unspecified atom stereocenters. The number of rotatable bonds is 6. The number of phenolic OH excluding ortho intramolecular Hbond substituents is 1. The molecule has 5 heteroatoms.